The van der Waals surface area contributed by atoms with Gasteiger partial charge < -0.3 is 29.1 Å². The second-order valence-electron chi connectivity index (χ2n) is 12.2. The topological polar surface area (TPSA) is 88.5 Å². The normalized spacial score (nSPS) is 23.0. The number of likely N-dealkylation sites (tertiary alicyclic amines) is 2. The number of rotatable bonds is 5. The summed E-state index contributed by atoms with van der Waals surface area (Å²) in [6, 6.07) is 0. The molecule has 2 aliphatic heterocycles. The minimum atomic E-state index is -0.428. The van der Waals surface area contributed by atoms with E-state index in [2.05, 4.69) is 36.4 Å². The molecule has 0 aromatic carbocycles. The van der Waals surface area contributed by atoms with E-state index in [1.54, 1.807) is 12.0 Å². The molecular weight excluding hydrogens is 611 g/mol. The largest absolute Gasteiger partial charge is 0.444 e. The van der Waals surface area contributed by atoms with Gasteiger partial charge in [-0.2, -0.15) is 0 Å². The van der Waals surface area contributed by atoms with Gasteiger partial charge in [0.25, 0.3) is 0 Å². The fourth-order valence-electron chi connectivity index (χ4n) is 4.67. The highest BCUT2D eigenvalue weighted by Crippen LogP contribution is 2.28. The quantitative estimate of drug-likeness (QED) is 0.240. The van der Waals surface area contributed by atoms with Crippen LogP contribution in [0.1, 0.15) is 95.9 Å². The Balaban J connectivity index is -0.000000596. The molecule has 8 nitrogen and oxygen atoms in total. The molecule has 39 heavy (non-hydrogen) atoms. The number of aliphatic hydroxyl groups excluding tert-OH is 1. The average Bonchev–Trinajstić information content (AvgIpc) is 2.79. The maximum absolute atomic E-state index is 12.0. The van der Waals surface area contributed by atoms with Crippen LogP contribution in [0.2, 0.25) is 0 Å². The Kier molecular flexibility index (Phi) is 22.9. The monoisotopic (exact) mass is 674 g/mol. The van der Waals surface area contributed by atoms with Gasteiger partial charge in [-0.1, -0.05) is 51.3 Å². The van der Waals surface area contributed by atoms with Crippen molar-refractivity contribution in [3.05, 3.63) is 0 Å². The van der Waals surface area contributed by atoms with E-state index in [1.807, 2.05) is 51.4 Å². The summed E-state index contributed by atoms with van der Waals surface area (Å²) in [6.45, 7) is 19.8. The van der Waals surface area contributed by atoms with Crippen LogP contribution in [-0.2, 0) is 14.2 Å². The number of carbonyl (C=O) groups excluding carboxylic acids is 2. The minimum Gasteiger partial charge on any atom is -0.444 e. The smallest absolute Gasteiger partial charge is 0.410 e. The van der Waals surface area contributed by atoms with Crippen molar-refractivity contribution in [3.63, 3.8) is 0 Å². The van der Waals surface area contributed by atoms with Gasteiger partial charge in [-0.3, -0.25) is 0 Å². The number of aliphatic hydroxyl groups is 1. The van der Waals surface area contributed by atoms with Crippen LogP contribution in [0.15, 0.2) is 0 Å². The lowest BCUT2D eigenvalue weighted by atomic mass is 9.85. The van der Waals surface area contributed by atoms with Gasteiger partial charge in [0.15, 0.2) is 0 Å². The summed E-state index contributed by atoms with van der Waals surface area (Å²) in [4.78, 5) is 29.4. The Hall–Kier alpha value is -0.810. The van der Waals surface area contributed by atoms with E-state index >= 15 is 0 Å². The lowest BCUT2D eigenvalue weighted by Gasteiger charge is -2.37. The number of piperidine rings is 2. The van der Waals surface area contributed by atoms with Crippen molar-refractivity contribution < 1.29 is 28.9 Å². The first-order valence-corrected chi connectivity index (χ1v) is 15.8. The van der Waals surface area contributed by atoms with E-state index in [-0.39, 0.29) is 33.6 Å². The molecule has 0 aromatic rings. The summed E-state index contributed by atoms with van der Waals surface area (Å²) in [7, 11) is 1.74. The Bertz CT molecular complexity index is 650. The molecule has 1 N–H and O–H groups in total. The summed E-state index contributed by atoms with van der Waals surface area (Å²) in [5.41, 5.74) is -0.838. The molecule has 0 saturated carbocycles. The number of ether oxygens (including phenoxy) is 3. The summed E-state index contributed by atoms with van der Waals surface area (Å²) in [5, 5.41) is 8.96. The second kappa shape index (κ2) is 21.0. The highest BCUT2D eigenvalue weighted by atomic mass is 127. The Labute approximate surface area is 255 Å². The third-order valence-corrected chi connectivity index (χ3v) is 6.66. The molecule has 0 spiro atoms. The highest BCUT2D eigenvalue weighted by Gasteiger charge is 2.32. The van der Waals surface area contributed by atoms with E-state index in [0.717, 1.165) is 58.5 Å². The van der Waals surface area contributed by atoms with Crippen molar-refractivity contribution in [2.24, 2.45) is 23.7 Å². The Morgan fingerprint density at radius 1 is 0.795 bits per heavy atom. The van der Waals surface area contributed by atoms with E-state index < -0.39 is 11.2 Å². The molecule has 0 radical (unpaired) electrons. The predicted molar refractivity (Wildman–Crippen MR) is 172 cm³/mol. The molecule has 9 heteroatoms. The number of amides is 2. The van der Waals surface area contributed by atoms with Crippen LogP contribution in [0, 0.1) is 23.7 Å². The number of hydrogen-bond acceptors (Lipinski definition) is 6. The molecule has 2 heterocycles. The maximum atomic E-state index is 12.0. The fraction of sp³-hybridized carbons (Fsp3) is 0.933. The predicted octanol–water partition coefficient (Wildman–Crippen LogP) is 7.50. The third-order valence-electron chi connectivity index (χ3n) is 6.66. The molecule has 2 saturated heterocycles. The number of carbonyl (C=O) groups is 2. The summed E-state index contributed by atoms with van der Waals surface area (Å²) in [6.07, 6.45) is 3.53. The molecule has 2 fully saturated rings. The van der Waals surface area contributed by atoms with Crippen molar-refractivity contribution in [2.45, 2.75) is 107 Å². The molecule has 2 amide bonds. The van der Waals surface area contributed by atoms with Gasteiger partial charge in [-0.05, 0) is 95.8 Å². The van der Waals surface area contributed by atoms with E-state index in [1.165, 1.54) is 0 Å². The van der Waals surface area contributed by atoms with Crippen molar-refractivity contribution in [3.8, 4) is 0 Å². The van der Waals surface area contributed by atoms with Crippen molar-refractivity contribution in [1.29, 1.82) is 0 Å². The Morgan fingerprint density at radius 2 is 1.15 bits per heavy atom. The first kappa shape index (κ1) is 42.7. The lowest BCUT2D eigenvalue weighted by Crippen LogP contribution is -2.45. The van der Waals surface area contributed by atoms with E-state index in [0.29, 0.717) is 23.7 Å². The summed E-state index contributed by atoms with van der Waals surface area (Å²) >= 11 is 2.15. The van der Waals surface area contributed by atoms with Crippen LogP contribution in [0.25, 0.3) is 0 Å². The van der Waals surface area contributed by atoms with E-state index in [4.69, 9.17) is 19.3 Å². The molecular formula is C30H63IN2O6. The number of methoxy groups -OCH3 is 1. The van der Waals surface area contributed by atoms with Crippen LogP contribution in [0.4, 0.5) is 9.59 Å². The lowest BCUT2D eigenvalue weighted by molar-refractivity contribution is 0.00879. The zero-order valence-corrected chi connectivity index (χ0v) is 27.3. The van der Waals surface area contributed by atoms with Gasteiger partial charge in [0.1, 0.15) is 11.2 Å². The van der Waals surface area contributed by atoms with Crippen LogP contribution in [0.3, 0.4) is 0 Å². The van der Waals surface area contributed by atoms with Gasteiger partial charge in [0.2, 0.25) is 0 Å². The van der Waals surface area contributed by atoms with Crippen molar-refractivity contribution in [2.75, 3.05) is 51.4 Å². The standard InChI is InChI=1S/C14H27NO3.C13H25NO3.CH3I.2CH4/c1-11-10-15(13(16)18-14(2,3)4)8-6-12(11)7-9-17-5;1-10-9-14(7-5-11(10)6-8-15)12(16)17-13(2,3)4;1-2;;/h11-12H,6-10H2,1-5H3;10-11,15H,5-9H2,1-4H3;1H3;2*1H4. The SMILES string of the molecule is C.C.CC1CN(C(=O)OC(C)(C)C)CCC1CCO.CI.COCCC1CCN(C(=O)OC(C)(C)C)CC1C. The zero-order chi connectivity index (χ0) is 28.8. The third kappa shape index (κ3) is 18.3. The number of nitrogens with zero attached hydrogens (tertiary/aromatic N) is 2. The molecule has 2 aliphatic rings. The van der Waals surface area contributed by atoms with Gasteiger partial charge in [0, 0.05) is 46.5 Å². The van der Waals surface area contributed by atoms with Gasteiger partial charge in [-0.25, -0.2) is 9.59 Å². The molecule has 4 unspecified atom stereocenters. The first-order valence-electron chi connectivity index (χ1n) is 13.6. The van der Waals surface area contributed by atoms with Gasteiger partial charge >= 0.3 is 12.2 Å². The average molecular weight is 675 g/mol. The molecule has 4 atom stereocenters. The Morgan fingerprint density at radius 3 is 1.44 bits per heavy atom. The molecule has 0 bridgehead atoms. The number of hydrogen-bond donors (Lipinski definition) is 1. The summed E-state index contributed by atoms with van der Waals surface area (Å²) < 4.78 is 15.9. The molecule has 236 valence electrons. The zero-order valence-electron chi connectivity index (χ0n) is 25.1. The second-order valence-corrected chi connectivity index (χ2v) is 12.2. The van der Waals surface area contributed by atoms with Crippen LogP contribution in [0.5, 0.6) is 0 Å². The number of halogens is 1. The first-order chi connectivity index (χ1) is 17.2. The molecule has 0 aromatic heterocycles. The summed E-state index contributed by atoms with van der Waals surface area (Å²) in [5.74, 6) is 2.13. The minimum absolute atomic E-state index is 0. The van der Waals surface area contributed by atoms with Crippen LogP contribution >= 0.6 is 22.6 Å². The molecule has 2 rings (SSSR count). The maximum Gasteiger partial charge on any atom is 0.410 e. The fourth-order valence-corrected chi connectivity index (χ4v) is 4.67. The van der Waals surface area contributed by atoms with Crippen molar-refractivity contribution in [1.82, 2.24) is 9.80 Å². The van der Waals surface area contributed by atoms with Crippen LogP contribution in [-0.4, -0.2) is 89.7 Å². The number of alkyl halides is 1. The van der Waals surface area contributed by atoms with Gasteiger partial charge in [0.05, 0.1) is 0 Å². The van der Waals surface area contributed by atoms with Gasteiger partial charge in [-0.15, -0.1) is 0 Å². The van der Waals surface area contributed by atoms with Crippen molar-refractivity contribution >= 4 is 34.8 Å². The highest BCUT2D eigenvalue weighted by molar-refractivity contribution is 14.1. The molecule has 0 aliphatic carbocycles. The van der Waals surface area contributed by atoms with E-state index in [9.17, 15) is 9.59 Å². The van der Waals surface area contributed by atoms with Crippen LogP contribution < -0.4 is 0 Å².